The molecule has 0 aliphatic carbocycles. The maximum atomic E-state index is 5.06. The number of hydrogen-bond donors (Lipinski definition) is 0. The van der Waals surface area contributed by atoms with Gasteiger partial charge in [-0.1, -0.05) is 6.07 Å². The summed E-state index contributed by atoms with van der Waals surface area (Å²) in [5, 5.41) is 2.08. The zero-order valence-electron chi connectivity index (χ0n) is 4.33. The molecule has 1 atom stereocenters. The van der Waals surface area contributed by atoms with Crippen LogP contribution in [-0.2, 0) is 4.74 Å². The van der Waals surface area contributed by atoms with Gasteiger partial charge in [-0.25, -0.2) is 0 Å². The van der Waals surface area contributed by atoms with Crippen molar-refractivity contribution in [2.45, 2.75) is 6.10 Å². The quantitative estimate of drug-likeness (QED) is 0.523. The maximum Gasteiger partial charge on any atom is 0.115 e. The van der Waals surface area contributed by atoms with Gasteiger partial charge in [-0.15, -0.1) is 11.3 Å². The predicted octanol–water partition coefficient (Wildman–Crippen LogP) is 1.82. The van der Waals surface area contributed by atoms with Crippen molar-refractivity contribution in [2.75, 3.05) is 6.61 Å². The van der Waals surface area contributed by atoms with E-state index in [4.69, 9.17) is 4.74 Å². The number of rotatable bonds is 1. The van der Waals surface area contributed by atoms with Gasteiger partial charge in [0.1, 0.15) is 6.10 Å². The lowest BCUT2D eigenvalue weighted by atomic mass is 10.4. The van der Waals surface area contributed by atoms with Gasteiger partial charge in [0.05, 0.1) is 6.61 Å². The van der Waals surface area contributed by atoms with Crippen LogP contribution < -0.4 is 0 Å². The Hall–Kier alpha value is -0.340. The topological polar surface area (TPSA) is 12.5 Å². The van der Waals surface area contributed by atoms with Crippen LogP contribution in [0.25, 0.3) is 0 Å². The molecule has 2 heteroatoms. The van der Waals surface area contributed by atoms with Crippen molar-refractivity contribution < 1.29 is 4.74 Å². The van der Waals surface area contributed by atoms with E-state index in [0.29, 0.717) is 6.10 Å². The monoisotopic (exact) mass is 126 g/mol. The zero-order valence-corrected chi connectivity index (χ0v) is 5.15. The molecule has 1 aliphatic rings. The van der Waals surface area contributed by atoms with Crippen molar-refractivity contribution in [1.82, 2.24) is 0 Å². The molecule has 0 aromatic carbocycles. The summed E-state index contributed by atoms with van der Waals surface area (Å²) >= 11 is 1.77. The summed E-state index contributed by atoms with van der Waals surface area (Å²) < 4.78 is 5.06. The fourth-order valence-corrected chi connectivity index (χ4v) is 1.45. The molecule has 0 bridgehead atoms. The van der Waals surface area contributed by atoms with Crippen molar-refractivity contribution in [2.24, 2.45) is 0 Å². The van der Waals surface area contributed by atoms with Gasteiger partial charge in [0, 0.05) is 4.88 Å². The minimum absolute atomic E-state index is 0.454. The summed E-state index contributed by atoms with van der Waals surface area (Å²) in [6, 6.07) is 4.17. The first-order chi connectivity index (χ1) is 3.97. The minimum atomic E-state index is 0.454. The minimum Gasteiger partial charge on any atom is -0.367 e. The second-order valence-electron chi connectivity index (χ2n) is 1.84. The molecule has 1 unspecified atom stereocenters. The third-order valence-electron chi connectivity index (χ3n) is 1.19. The first kappa shape index (κ1) is 4.53. The molecule has 1 fully saturated rings. The molecule has 0 saturated carbocycles. The van der Waals surface area contributed by atoms with Crippen LogP contribution in [0.2, 0.25) is 0 Å². The molecular formula is C6H6OS. The molecule has 0 amide bonds. The molecule has 2 rings (SSSR count). The Morgan fingerprint density at radius 1 is 1.75 bits per heavy atom. The van der Waals surface area contributed by atoms with E-state index in [-0.39, 0.29) is 0 Å². The molecule has 1 nitrogen and oxygen atoms in total. The second kappa shape index (κ2) is 1.57. The Morgan fingerprint density at radius 2 is 2.62 bits per heavy atom. The van der Waals surface area contributed by atoms with Gasteiger partial charge >= 0.3 is 0 Å². The van der Waals surface area contributed by atoms with E-state index in [1.54, 1.807) is 11.3 Å². The number of ether oxygens (including phenoxy) is 1. The van der Waals surface area contributed by atoms with Gasteiger partial charge in [-0.05, 0) is 11.4 Å². The van der Waals surface area contributed by atoms with E-state index < -0.39 is 0 Å². The van der Waals surface area contributed by atoms with E-state index in [1.165, 1.54) is 4.88 Å². The van der Waals surface area contributed by atoms with Gasteiger partial charge in [0.15, 0.2) is 0 Å². The fourth-order valence-electron chi connectivity index (χ4n) is 0.687. The summed E-state index contributed by atoms with van der Waals surface area (Å²) in [6.45, 7) is 0.931. The van der Waals surface area contributed by atoms with Crippen LogP contribution in [0, 0.1) is 0 Å². The van der Waals surface area contributed by atoms with E-state index >= 15 is 0 Å². The number of hydrogen-bond acceptors (Lipinski definition) is 2. The molecule has 1 aromatic heterocycles. The van der Waals surface area contributed by atoms with Gasteiger partial charge < -0.3 is 4.74 Å². The highest BCUT2D eigenvalue weighted by Crippen LogP contribution is 2.32. The second-order valence-corrected chi connectivity index (χ2v) is 2.82. The molecule has 8 heavy (non-hydrogen) atoms. The lowest BCUT2D eigenvalue weighted by Crippen LogP contribution is -1.65. The predicted molar refractivity (Wildman–Crippen MR) is 33.0 cm³/mol. The maximum absolute atomic E-state index is 5.06. The van der Waals surface area contributed by atoms with Crippen LogP contribution in [0.15, 0.2) is 17.5 Å². The fraction of sp³-hybridized carbons (Fsp3) is 0.333. The number of thiophene rings is 1. The van der Waals surface area contributed by atoms with Crippen LogP contribution in [-0.4, -0.2) is 6.61 Å². The van der Waals surface area contributed by atoms with Gasteiger partial charge in [0.25, 0.3) is 0 Å². The Kier molecular flexibility index (Phi) is 0.889. The molecule has 42 valence electrons. The van der Waals surface area contributed by atoms with Crippen LogP contribution in [0.1, 0.15) is 11.0 Å². The van der Waals surface area contributed by atoms with Crippen LogP contribution in [0.4, 0.5) is 0 Å². The molecule has 0 radical (unpaired) electrons. The summed E-state index contributed by atoms with van der Waals surface area (Å²) in [7, 11) is 0. The molecule has 0 N–H and O–H groups in total. The van der Waals surface area contributed by atoms with Crippen LogP contribution in [0.5, 0.6) is 0 Å². The number of epoxide rings is 1. The van der Waals surface area contributed by atoms with E-state index in [2.05, 4.69) is 17.5 Å². The van der Waals surface area contributed by atoms with E-state index in [1.807, 2.05) is 0 Å². The van der Waals surface area contributed by atoms with Crippen molar-refractivity contribution in [3.63, 3.8) is 0 Å². The largest absolute Gasteiger partial charge is 0.367 e. The van der Waals surface area contributed by atoms with Gasteiger partial charge in [0.2, 0.25) is 0 Å². The first-order valence-corrected chi connectivity index (χ1v) is 3.50. The summed E-state index contributed by atoms with van der Waals surface area (Å²) in [5.41, 5.74) is 0. The highest BCUT2D eigenvalue weighted by Gasteiger charge is 2.24. The Labute approximate surface area is 51.9 Å². The zero-order chi connectivity index (χ0) is 5.40. The highest BCUT2D eigenvalue weighted by atomic mass is 32.1. The smallest absolute Gasteiger partial charge is 0.115 e. The third kappa shape index (κ3) is 0.659. The molecule has 0 spiro atoms. The van der Waals surface area contributed by atoms with Crippen molar-refractivity contribution >= 4 is 11.3 Å². The van der Waals surface area contributed by atoms with E-state index in [0.717, 1.165) is 6.61 Å². The Morgan fingerprint density at radius 3 is 3.12 bits per heavy atom. The molecule has 1 aromatic rings. The van der Waals surface area contributed by atoms with Gasteiger partial charge in [-0.2, -0.15) is 0 Å². The average Bonchev–Trinajstić information content (AvgIpc) is 2.49. The van der Waals surface area contributed by atoms with Gasteiger partial charge in [-0.3, -0.25) is 0 Å². The summed E-state index contributed by atoms with van der Waals surface area (Å²) in [6.07, 6.45) is 0.454. The lowest BCUT2D eigenvalue weighted by Gasteiger charge is -1.79. The molecule has 2 heterocycles. The first-order valence-electron chi connectivity index (χ1n) is 2.62. The Balaban J connectivity index is 2.28. The Bertz CT molecular complexity index is 165. The lowest BCUT2D eigenvalue weighted by molar-refractivity contribution is 0.418. The summed E-state index contributed by atoms with van der Waals surface area (Å²) in [5.74, 6) is 0. The molecule has 1 aliphatic heterocycles. The standard InChI is InChI=1S/C6H6OS/c1-2-6(8-3-1)5-4-7-5/h1-3,5H,4H2. The normalized spacial score (nSPS) is 25.8. The molecular weight excluding hydrogens is 120 g/mol. The van der Waals surface area contributed by atoms with Crippen molar-refractivity contribution in [3.8, 4) is 0 Å². The highest BCUT2D eigenvalue weighted by molar-refractivity contribution is 7.10. The summed E-state index contributed by atoms with van der Waals surface area (Å²) in [4.78, 5) is 1.37. The molecule has 1 saturated heterocycles. The third-order valence-corrected chi connectivity index (χ3v) is 2.16. The van der Waals surface area contributed by atoms with E-state index in [9.17, 15) is 0 Å². The SMILES string of the molecule is c1csc(C2CO2)c1. The van der Waals surface area contributed by atoms with Crippen molar-refractivity contribution in [1.29, 1.82) is 0 Å². The average molecular weight is 126 g/mol. The van der Waals surface area contributed by atoms with Crippen LogP contribution in [0.3, 0.4) is 0 Å². The van der Waals surface area contributed by atoms with Crippen LogP contribution >= 0.6 is 11.3 Å². The van der Waals surface area contributed by atoms with Crippen molar-refractivity contribution in [3.05, 3.63) is 22.4 Å².